The molecule has 0 aliphatic rings. The number of phenolic OH excluding ortho intramolecular Hbond substituents is 1. The summed E-state index contributed by atoms with van der Waals surface area (Å²) in [5.74, 6) is -0.629. The van der Waals surface area contributed by atoms with Gasteiger partial charge in [-0.05, 0) is 13.0 Å². The molecule has 0 bridgehead atoms. The van der Waals surface area contributed by atoms with Gasteiger partial charge in [0.15, 0.2) is 0 Å². The Kier molecular flexibility index (Phi) is 4.47. The summed E-state index contributed by atoms with van der Waals surface area (Å²) in [4.78, 5) is 0. The summed E-state index contributed by atoms with van der Waals surface area (Å²) in [5.41, 5.74) is 0.399. The van der Waals surface area contributed by atoms with Crippen LogP contribution in [0.4, 0.5) is 4.39 Å². The van der Waals surface area contributed by atoms with Crippen LogP contribution in [-0.2, 0) is 9.84 Å². The molecule has 2 N–H and O–H groups in total. The van der Waals surface area contributed by atoms with Crippen molar-refractivity contribution in [1.29, 1.82) is 0 Å². The molecule has 0 spiro atoms. The number of hydrogen-bond donors (Lipinski definition) is 2. The lowest BCUT2D eigenvalue weighted by atomic mass is 10.1. The predicted molar refractivity (Wildman–Crippen MR) is 64.2 cm³/mol. The molecule has 6 heteroatoms. The molecule has 96 valence electrons. The van der Waals surface area contributed by atoms with E-state index in [-0.39, 0.29) is 24.1 Å². The van der Waals surface area contributed by atoms with E-state index in [9.17, 15) is 12.8 Å². The summed E-state index contributed by atoms with van der Waals surface area (Å²) in [6, 6.07) is 3.59. The van der Waals surface area contributed by atoms with E-state index >= 15 is 0 Å². The highest BCUT2D eigenvalue weighted by atomic mass is 32.2. The lowest BCUT2D eigenvalue weighted by Gasteiger charge is -2.14. The SMILES string of the molecule is CC(NCCS(C)(=O)=O)c1ccc(O)cc1F. The highest BCUT2D eigenvalue weighted by Gasteiger charge is 2.11. The van der Waals surface area contributed by atoms with Gasteiger partial charge in [0.25, 0.3) is 0 Å². The van der Waals surface area contributed by atoms with Crippen molar-refractivity contribution in [2.75, 3.05) is 18.6 Å². The van der Waals surface area contributed by atoms with E-state index < -0.39 is 15.7 Å². The zero-order chi connectivity index (χ0) is 13.1. The van der Waals surface area contributed by atoms with Crippen LogP contribution in [0.25, 0.3) is 0 Å². The Morgan fingerprint density at radius 1 is 1.47 bits per heavy atom. The number of halogens is 1. The van der Waals surface area contributed by atoms with Crippen molar-refractivity contribution in [1.82, 2.24) is 5.32 Å². The van der Waals surface area contributed by atoms with Crippen molar-refractivity contribution >= 4 is 9.84 Å². The largest absolute Gasteiger partial charge is 0.508 e. The summed E-state index contributed by atoms with van der Waals surface area (Å²) in [6.45, 7) is 2.00. The van der Waals surface area contributed by atoms with Crippen molar-refractivity contribution < 1.29 is 17.9 Å². The Morgan fingerprint density at radius 2 is 2.12 bits per heavy atom. The summed E-state index contributed by atoms with van der Waals surface area (Å²) in [5, 5.41) is 12.0. The first-order valence-corrected chi connectivity index (χ1v) is 7.25. The maximum Gasteiger partial charge on any atom is 0.148 e. The third kappa shape index (κ3) is 4.70. The van der Waals surface area contributed by atoms with Crippen LogP contribution in [-0.4, -0.2) is 32.1 Å². The fourth-order valence-corrected chi connectivity index (χ4v) is 1.93. The minimum Gasteiger partial charge on any atom is -0.508 e. The second-order valence-electron chi connectivity index (χ2n) is 4.01. The van der Waals surface area contributed by atoms with Crippen LogP contribution >= 0.6 is 0 Å². The van der Waals surface area contributed by atoms with Crippen LogP contribution in [0.3, 0.4) is 0 Å². The zero-order valence-electron chi connectivity index (χ0n) is 9.77. The number of sulfone groups is 1. The number of rotatable bonds is 5. The van der Waals surface area contributed by atoms with Crippen molar-refractivity contribution in [3.8, 4) is 5.75 Å². The molecule has 1 aromatic rings. The van der Waals surface area contributed by atoms with E-state index in [0.717, 1.165) is 12.3 Å². The quantitative estimate of drug-likeness (QED) is 0.836. The number of phenols is 1. The van der Waals surface area contributed by atoms with E-state index in [1.165, 1.54) is 12.1 Å². The minimum atomic E-state index is -3.02. The molecular formula is C11H16FNO3S. The van der Waals surface area contributed by atoms with Gasteiger partial charge in [0.05, 0.1) is 5.75 Å². The molecule has 1 atom stereocenters. The van der Waals surface area contributed by atoms with Gasteiger partial charge in [0.1, 0.15) is 21.4 Å². The Balaban J connectivity index is 2.61. The molecule has 0 aromatic heterocycles. The first kappa shape index (κ1) is 13.9. The Morgan fingerprint density at radius 3 is 2.65 bits per heavy atom. The normalized spacial score (nSPS) is 13.6. The number of nitrogens with one attached hydrogen (secondary N) is 1. The first-order chi connectivity index (χ1) is 7.79. The van der Waals surface area contributed by atoms with Gasteiger partial charge in [-0.1, -0.05) is 6.07 Å². The van der Waals surface area contributed by atoms with Crippen LogP contribution in [0.1, 0.15) is 18.5 Å². The maximum atomic E-state index is 13.4. The molecular weight excluding hydrogens is 245 g/mol. The molecule has 0 radical (unpaired) electrons. The zero-order valence-corrected chi connectivity index (χ0v) is 10.6. The second-order valence-corrected chi connectivity index (χ2v) is 6.27. The summed E-state index contributed by atoms with van der Waals surface area (Å²) in [6.07, 6.45) is 1.15. The molecule has 0 aliphatic heterocycles. The van der Waals surface area contributed by atoms with Gasteiger partial charge in [-0.15, -0.1) is 0 Å². The fourth-order valence-electron chi connectivity index (χ4n) is 1.44. The van der Waals surface area contributed by atoms with E-state index in [4.69, 9.17) is 5.11 Å². The van der Waals surface area contributed by atoms with Crippen LogP contribution in [0.5, 0.6) is 5.75 Å². The lowest BCUT2D eigenvalue weighted by Crippen LogP contribution is -2.25. The van der Waals surface area contributed by atoms with E-state index in [2.05, 4.69) is 5.32 Å². The molecule has 1 unspecified atom stereocenters. The minimum absolute atomic E-state index is 0.0110. The molecule has 4 nitrogen and oxygen atoms in total. The topological polar surface area (TPSA) is 66.4 Å². The van der Waals surface area contributed by atoms with Crippen LogP contribution < -0.4 is 5.32 Å². The van der Waals surface area contributed by atoms with E-state index in [1.807, 2.05) is 0 Å². The highest BCUT2D eigenvalue weighted by Crippen LogP contribution is 2.20. The Labute approximate surface area is 100 Å². The second kappa shape index (κ2) is 5.46. The van der Waals surface area contributed by atoms with Gasteiger partial charge >= 0.3 is 0 Å². The monoisotopic (exact) mass is 261 g/mol. The van der Waals surface area contributed by atoms with Gasteiger partial charge in [-0.2, -0.15) is 0 Å². The van der Waals surface area contributed by atoms with Gasteiger partial charge in [-0.25, -0.2) is 12.8 Å². The van der Waals surface area contributed by atoms with Crippen LogP contribution in [0, 0.1) is 5.82 Å². The molecule has 0 amide bonds. The van der Waals surface area contributed by atoms with Gasteiger partial charge in [0.2, 0.25) is 0 Å². The standard InChI is InChI=1S/C11H16FNO3S/c1-8(13-5-6-17(2,15)16)10-4-3-9(14)7-11(10)12/h3-4,7-8,13-14H,5-6H2,1-2H3. The lowest BCUT2D eigenvalue weighted by molar-refractivity contribution is 0.464. The first-order valence-electron chi connectivity index (χ1n) is 5.19. The van der Waals surface area contributed by atoms with Gasteiger partial charge in [-0.3, -0.25) is 0 Å². The van der Waals surface area contributed by atoms with Gasteiger partial charge < -0.3 is 10.4 Å². The summed E-state index contributed by atoms with van der Waals surface area (Å²) >= 11 is 0. The Bertz CT molecular complexity index is 487. The van der Waals surface area contributed by atoms with E-state index in [0.29, 0.717) is 5.56 Å². The fraction of sp³-hybridized carbons (Fsp3) is 0.455. The molecule has 1 rings (SSSR count). The average Bonchev–Trinajstić information content (AvgIpc) is 2.15. The summed E-state index contributed by atoms with van der Waals surface area (Å²) < 4.78 is 35.3. The smallest absolute Gasteiger partial charge is 0.148 e. The van der Waals surface area contributed by atoms with Crippen molar-refractivity contribution in [2.24, 2.45) is 0 Å². The third-order valence-corrected chi connectivity index (χ3v) is 3.32. The van der Waals surface area contributed by atoms with Crippen molar-refractivity contribution in [2.45, 2.75) is 13.0 Å². The molecule has 0 fully saturated rings. The molecule has 0 saturated carbocycles. The molecule has 0 heterocycles. The number of aromatic hydroxyl groups is 1. The van der Waals surface area contributed by atoms with E-state index in [1.54, 1.807) is 6.92 Å². The van der Waals surface area contributed by atoms with Crippen molar-refractivity contribution in [3.05, 3.63) is 29.6 Å². The maximum absolute atomic E-state index is 13.4. The molecule has 0 aliphatic carbocycles. The van der Waals surface area contributed by atoms with Crippen molar-refractivity contribution in [3.63, 3.8) is 0 Å². The predicted octanol–water partition coefficient (Wildman–Crippen LogP) is 1.23. The molecule has 1 aromatic carbocycles. The molecule has 17 heavy (non-hydrogen) atoms. The average molecular weight is 261 g/mol. The van der Waals surface area contributed by atoms with Crippen LogP contribution in [0.15, 0.2) is 18.2 Å². The van der Waals surface area contributed by atoms with Crippen LogP contribution in [0.2, 0.25) is 0 Å². The third-order valence-electron chi connectivity index (χ3n) is 2.37. The molecule has 0 saturated heterocycles. The van der Waals surface area contributed by atoms with Gasteiger partial charge in [0, 0.05) is 30.5 Å². The summed E-state index contributed by atoms with van der Waals surface area (Å²) in [7, 11) is -3.02. The number of benzene rings is 1. The number of hydrogen-bond acceptors (Lipinski definition) is 4. The Hall–Kier alpha value is -1.14. The highest BCUT2D eigenvalue weighted by molar-refractivity contribution is 7.90.